The predicted octanol–water partition coefficient (Wildman–Crippen LogP) is 3.34. The number of benzene rings is 1. The van der Waals surface area contributed by atoms with Crippen molar-refractivity contribution in [3.05, 3.63) is 34.9 Å². The van der Waals surface area contributed by atoms with E-state index in [1.165, 1.54) is 0 Å². The molecular weight excluding hydrogens is 270 g/mol. The summed E-state index contributed by atoms with van der Waals surface area (Å²) in [5.41, 5.74) is 2.08. The number of carbonyl (C=O) groups is 2. The van der Waals surface area contributed by atoms with E-state index in [2.05, 4.69) is 5.32 Å². The number of ether oxygens (including phenoxy) is 1. The highest BCUT2D eigenvalue weighted by molar-refractivity contribution is 5.72. The number of amides is 1. The maximum absolute atomic E-state index is 11.9. The molecule has 0 saturated heterocycles. The summed E-state index contributed by atoms with van der Waals surface area (Å²) in [7, 11) is 0. The average Bonchev–Trinajstić information content (AvgIpc) is 2.24. The molecule has 5 nitrogen and oxygen atoms in total. The summed E-state index contributed by atoms with van der Waals surface area (Å²) in [5.74, 6) is -0.973. The lowest BCUT2D eigenvalue weighted by Crippen LogP contribution is -2.36. The van der Waals surface area contributed by atoms with Crippen LogP contribution in [0.4, 0.5) is 4.79 Å². The maximum atomic E-state index is 11.9. The molecule has 21 heavy (non-hydrogen) atoms. The first-order valence-electron chi connectivity index (χ1n) is 6.87. The number of aliphatic carboxylic acids is 1. The number of nitrogens with one attached hydrogen (secondary N) is 1. The van der Waals surface area contributed by atoms with Crippen molar-refractivity contribution in [1.29, 1.82) is 0 Å². The minimum Gasteiger partial charge on any atom is -0.481 e. The van der Waals surface area contributed by atoms with Crippen LogP contribution in [0.2, 0.25) is 0 Å². The molecule has 116 valence electrons. The van der Waals surface area contributed by atoms with Gasteiger partial charge in [0.2, 0.25) is 0 Å². The number of hydrogen-bond acceptors (Lipinski definition) is 3. The first-order chi connectivity index (χ1) is 9.60. The highest BCUT2D eigenvalue weighted by Crippen LogP contribution is 2.25. The van der Waals surface area contributed by atoms with E-state index in [9.17, 15) is 9.59 Å². The minimum atomic E-state index is -0.973. The quantitative estimate of drug-likeness (QED) is 0.892. The van der Waals surface area contributed by atoms with Crippen molar-refractivity contribution in [1.82, 2.24) is 5.32 Å². The number of rotatable bonds is 4. The monoisotopic (exact) mass is 293 g/mol. The van der Waals surface area contributed by atoms with Crippen LogP contribution >= 0.6 is 0 Å². The van der Waals surface area contributed by atoms with Crippen molar-refractivity contribution in [2.24, 2.45) is 0 Å². The van der Waals surface area contributed by atoms with Crippen molar-refractivity contribution in [2.45, 2.75) is 52.7 Å². The normalized spacial score (nSPS) is 12.6. The van der Waals surface area contributed by atoms with Crippen molar-refractivity contribution >= 4 is 12.1 Å². The van der Waals surface area contributed by atoms with Crippen LogP contribution < -0.4 is 5.32 Å². The highest BCUT2D eigenvalue weighted by atomic mass is 16.6. The minimum absolute atomic E-state index is 0.190. The summed E-state index contributed by atoms with van der Waals surface area (Å²) in [6.07, 6.45) is -0.804. The van der Waals surface area contributed by atoms with Gasteiger partial charge in [-0.05, 0) is 51.3 Å². The van der Waals surface area contributed by atoms with Crippen LogP contribution in [0.15, 0.2) is 18.2 Å². The second-order valence-corrected chi connectivity index (χ2v) is 6.10. The van der Waals surface area contributed by atoms with E-state index in [0.29, 0.717) is 0 Å². The number of carboxylic acid groups (broad SMARTS) is 1. The Kier molecular flexibility index (Phi) is 5.35. The van der Waals surface area contributed by atoms with Crippen LogP contribution in [-0.4, -0.2) is 22.8 Å². The fourth-order valence-corrected chi connectivity index (χ4v) is 2.23. The molecule has 1 rings (SSSR count). The topological polar surface area (TPSA) is 75.6 Å². The third-order valence-electron chi connectivity index (χ3n) is 2.96. The lowest BCUT2D eigenvalue weighted by atomic mass is 9.94. The third-order valence-corrected chi connectivity index (χ3v) is 2.96. The van der Waals surface area contributed by atoms with Crippen molar-refractivity contribution in [2.75, 3.05) is 0 Å². The van der Waals surface area contributed by atoms with E-state index in [0.717, 1.165) is 16.7 Å². The van der Waals surface area contributed by atoms with Gasteiger partial charge in [0.25, 0.3) is 0 Å². The van der Waals surface area contributed by atoms with Crippen LogP contribution in [0.3, 0.4) is 0 Å². The molecule has 0 fully saturated rings. The van der Waals surface area contributed by atoms with E-state index in [4.69, 9.17) is 9.84 Å². The molecule has 0 aliphatic carbocycles. The number of carbonyl (C=O) groups excluding carboxylic acids is 1. The van der Waals surface area contributed by atoms with Gasteiger partial charge >= 0.3 is 12.1 Å². The molecule has 1 unspecified atom stereocenters. The molecule has 1 atom stereocenters. The SMILES string of the molecule is Cc1cccc(C)c1C(CC(=O)O)NC(=O)OC(C)(C)C. The number of aryl methyl sites for hydroxylation is 2. The molecule has 0 radical (unpaired) electrons. The van der Waals surface area contributed by atoms with Gasteiger partial charge in [0.1, 0.15) is 5.60 Å². The lowest BCUT2D eigenvalue weighted by Gasteiger charge is -2.25. The van der Waals surface area contributed by atoms with Crippen LogP contribution in [-0.2, 0) is 9.53 Å². The molecule has 1 aromatic rings. The van der Waals surface area contributed by atoms with E-state index >= 15 is 0 Å². The van der Waals surface area contributed by atoms with Gasteiger partial charge < -0.3 is 15.2 Å². The molecule has 1 amide bonds. The maximum Gasteiger partial charge on any atom is 0.408 e. The van der Waals surface area contributed by atoms with Gasteiger partial charge in [-0.1, -0.05) is 18.2 Å². The Morgan fingerprint density at radius 2 is 1.76 bits per heavy atom. The molecule has 0 heterocycles. The van der Waals surface area contributed by atoms with Gasteiger partial charge in [-0.2, -0.15) is 0 Å². The van der Waals surface area contributed by atoms with Gasteiger partial charge in [0.05, 0.1) is 12.5 Å². The molecule has 0 saturated carbocycles. The molecule has 5 heteroatoms. The number of carboxylic acids is 1. The van der Waals surface area contributed by atoms with Gasteiger partial charge in [0.15, 0.2) is 0 Å². The third kappa shape index (κ3) is 5.45. The summed E-state index contributed by atoms with van der Waals surface area (Å²) in [6, 6.07) is 5.08. The molecule has 0 bridgehead atoms. The molecule has 0 aromatic heterocycles. The molecule has 0 aliphatic rings. The van der Waals surface area contributed by atoms with E-state index in [-0.39, 0.29) is 6.42 Å². The predicted molar refractivity (Wildman–Crippen MR) is 80.3 cm³/mol. The molecule has 1 aromatic carbocycles. The Morgan fingerprint density at radius 1 is 1.24 bits per heavy atom. The standard InChI is InChI=1S/C16H23NO4/c1-10-7-6-8-11(2)14(10)12(9-13(18)19)17-15(20)21-16(3,4)5/h6-8,12H,9H2,1-5H3,(H,17,20)(H,18,19). The Bertz CT molecular complexity index is 511. The van der Waals surface area contributed by atoms with Gasteiger partial charge in [-0.25, -0.2) is 4.79 Å². The smallest absolute Gasteiger partial charge is 0.408 e. The summed E-state index contributed by atoms with van der Waals surface area (Å²) in [4.78, 5) is 23.0. The van der Waals surface area contributed by atoms with E-state index < -0.39 is 23.7 Å². The molecular formula is C16H23NO4. The van der Waals surface area contributed by atoms with Crippen LogP contribution in [0.5, 0.6) is 0 Å². The second-order valence-electron chi connectivity index (χ2n) is 6.10. The summed E-state index contributed by atoms with van der Waals surface area (Å²) < 4.78 is 5.21. The Labute approximate surface area is 125 Å². The molecule has 0 spiro atoms. The zero-order valence-electron chi connectivity index (χ0n) is 13.2. The zero-order chi connectivity index (χ0) is 16.2. The summed E-state index contributed by atoms with van der Waals surface area (Å²) >= 11 is 0. The summed E-state index contributed by atoms with van der Waals surface area (Å²) in [5, 5.41) is 11.7. The fraction of sp³-hybridized carbons (Fsp3) is 0.500. The van der Waals surface area contributed by atoms with E-state index in [1.54, 1.807) is 20.8 Å². The van der Waals surface area contributed by atoms with E-state index in [1.807, 2.05) is 32.0 Å². The highest BCUT2D eigenvalue weighted by Gasteiger charge is 2.24. The van der Waals surface area contributed by atoms with Crippen molar-refractivity contribution in [3.8, 4) is 0 Å². The Balaban J connectivity index is 3.01. The second kappa shape index (κ2) is 6.61. The number of hydrogen-bond donors (Lipinski definition) is 2. The van der Waals surface area contributed by atoms with Crippen LogP contribution in [0.1, 0.15) is 49.9 Å². The van der Waals surface area contributed by atoms with Crippen LogP contribution in [0, 0.1) is 13.8 Å². The fourth-order valence-electron chi connectivity index (χ4n) is 2.23. The van der Waals surface area contributed by atoms with Crippen molar-refractivity contribution in [3.63, 3.8) is 0 Å². The van der Waals surface area contributed by atoms with Gasteiger partial charge in [-0.3, -0.25) is 4.79 Å². The molecule has 0 aliphatic heterocycles. The zero-order valence-corrected chi connectivity index (χ0v) is 13.2. The first-order valence-corrected chi connectivity index (χ1v) is 6.87. The largest absolute Gasteiger partial charge is 0.481 e. The van der Waals surface area contributed by atoms with Gasteiger partial charge in [0, 0.05) is 0 Å². The lowest BCUT2D eigenvalue weighted by molar-refractivity contribution is -0.137. The first kappa shape index (κ1) is 17.0. The molecule has 2 N–H and O–H groups in total. The van der Waals surface area contributed by atoms with Gasteiger partial charge in [-0.15, -0.1) is 0 Å². The average molecular weight is 293 g/mol. The number of alkyl carbamates (subject to hydrolysis) is 1. The summed E-state index contributed by atoms with van der Waals surface area (Å²) in [6.45, 7) is 9.08. The Morgan fingerprint density at radius 3 is 2.19 bits per heavy atom. The van der Waals surface area contributed by atoms with Crippen LogP contribution in [0.25, 0.3) is 0 Å². The van der Waals surface area contributed by atoms with Crippen molar-refractivity contribution < 1.29 is 19.4 Å². The Hall–Kier alpha value is -2.04.